The molecule has 6 atom stereocenters. The van der Waals surface area contributed by atoms with Gasteiger partial charge >= 0.3 is 22.5 Å². The van der Waals surface area contributed by atoms with E-state index in [1.165, 1.54) is 24.3 Å². The number of nitrogens with one attached hydrogen (secondary N) is 8. The molecule has 4 rings (SSSR count). The van der Waals surface area contributed by atoms with Crippen LogP contribution in [-0.2, 0) is 72.8 Å². The van der Waals surface area contributed by atoms with E-state index in [1.807, 2.05) is 32.9 Å². The third-order valence-electron chi connectivity index (χ3n) is 12.6. The maximum Gasteiger partial charge on any atom is 0.446 e. The number of rotatable bonds is 26. The van der Waals surface area contributed by atoms with Crippen molar-refractivity contribution < 1.29 is 70.1 Å². The van der Waals surface area contributed by atoms with Crippen molar-refractivity contribution >= 4 is 74.7 Å². The van der Waals surface area contributed by atoms with Gasteiger partial charge in [0.25, 0.3) is 0 Å². The Labute approximate surface area is 477 Å². The summed E-state index contributed by atoms with van der Waals surface area (Å²) in [6.07, 6.45) is -0.647. The molecule has 4 aromatic rings. The van der Waals surface area contributed by atoms with E-state index in [4.69, 9.17) is 15.0 Å². The van der Waals surface area contributed by atoms with Crippen LogP contribution in [0.2, 0.25) is 0 Å². The molecule has 0 aliphatic heterocycles. The molecular weight excluding hydrogens is 1080 g/mol. The summed E-state index contributed by atoms with van der Waals surface area (Å²) in [5.41, 5.74) is 8.55. The molecule has 12 N–H and O–H groups in total. The highest BCUT2D eigenvalue weighted by Gasteiger charge is 2.36. The molecule has 0 aliphatic rings. The molecule has 1 aromatic heterocycles. The van der Waals surface area contributed by atoms with Crippen LogP contribution in [0.25, 0.3) is 10.9 Å². The Hall–Kier alpha value is -8.06. The van der Waals surface area contributed by atoms with Crippen LogP contribution in [-0.4, -0.2) is 125 Å². The Kier molecular flexibility index (Phi) is 22.8. The summed E-state index contributed by atoms with van der Waals surface area (Å²) in [7, 11) is -4.84. The smallest absolute Gasteiger partial charge is 0.446 e. The molecule has 24 nitrogen and oxygen atoms in total. The van der Waals surface area contributed by atoms with Gasteiger partial charge in [-0.2, -0.15) is 8.42 Å². The third kappa shape index (κ3) is 22.5. The first-order chi connectivity index (χ1) is 37.8. The number of fused-ring (bicyclic) bond motifs is 1. The number of benzene rings is 3. The van der Waals surface area contributed by atoms with Crippen molar-refractivity contribution in [2.24, 2.45) is 16.6 Å². The Morgan fingerprint density at radius 1 is 0.622 bits per heavy atom. The van der Waals surface area contributed by atoms with Crippen molar-refractivity contribution in [3.8, 4) is 5.75 Å². The van der Waals surface area contributed by atoms with Gasteiger partial charge < -0.3 is 62.0 Å². The molecule has 0 aliphatic carbocycles. The SMILES string of the molecule is Cc1cc(C)c(C[C@H](NC(=O)[C@H](CC(=O)O)NC(=O)[C@H](CC(C)(C)C)NC(=O)[C@H](Cc2c[nH]c3ccccc23)NC(=O)CNC(=O)[C@H](CC(C)(C)C)NC(=O)[C@H](Cc2ccc(OS(=O)(=O)O)cc2)NC(=O)OC(C)(C)C)C(N)=O)c(C)c1. The predicted octanol–water partition coefficient (Wildman–Crippen LogP) is 3.57. The fraction of sp³-hybridized carbons (Fsp3) is 0.491. The quantitative estimate of drug-likeness (QED) is 0.0401. The first kappa shape index (κ1) is 66.5. The molecule has 0 radical (unpaired) electrons. The summed E-state index contributed by atoms with van der Waals surface area (Å²) in [6, 6.07) is 7.58. The molecule has 0 saturated carbocycles. The minimum absolute atomic E-state index is 0.0172. The summed E-state index contributed by atoms with van der Waals surface area (Å²) in [6.45, 7) is 20.4. The van der Waals surface area contributed by atoms with Crippen LogP contribution in [0.5, 0.6) is 5.75 Å². The van der Waals surface area contributed by atoms with Gasteiger partial charge in [-0.3, -0.25) is 42.9 Å². The highest BCUT2D eigenvalue weighted by molar-refractivity contribution is 7.81. The first-order valence-corrected chi connectivity index (χ1v) is 27.9. The molecular formula is C57H79N9O15S. The fourth-order valence-corrected chi connectivity index (χ4v) is 9.39. The maximum absolute atomic E-state index is 14.6. The Bertz CT molecular complexity index is 3080. The molecule has 0 spiro atoms. The molecule has 0 bridgehead atoms. The average Bonchev–Trinajstić information content (AvgIpc) is 3.74. The van der Waals surface area contributed by atoms with Crippen LogP contribution in [0.15, 0.2) is 66.9 Å². The van der Waals surface area contributed by atoms with E-state index in [2.05, 4.69) is 46.4 Å². The molecule has 82 heavy (non-hydrogen) atoms. The lowest BCUT2D eigenvalue weighted by Crippen LogP contribution is -2.59. The minimum Gasteiger partial charge on any atom is -0.481 e. The lowest BCUT2D eigenvalue weighted by molar-refractivity contribution is -0.141. The molecule has 8 amide bonds. The van der Waals surface area contributed by atoms with Crippen molar-refractivity contribution in [1.82, 2.24) is 42.2 Å². The van der Waals surface area contributed by atoms with Gasteiger partial charge in [0.1, 0.15) is 47.6 Å². The highest BCUT2D eigenvalue weighted by Crippen LogP contribution is 2.25. The molecule has 0 saturated heterocycles. The number of para-hydroxylation sites is 1. The monoisotopic (exact) mass is 1160 g/mol. The lowest BCUT2D eigenvalue weighted by Gasteiger charge is -2.30. The topological polar surface area (TPSA) is 373 Å². The number of primary amides is 1. The number of carboxylic acid groups (broad SMARTS) is 1. The zero-order chi connectivity index (χ0) is 61.7. The number of alkyl carbamates (subject to hydrolysis) is 1. The maximum atomic E-state index is 14.6. The number of carbonyl (C=O) groups is 9. The van der Waals surface area contributed by atoms with Crippen LogP contribution in [0.3, 0.4) is 0 Å². The fourth-order valence-electron chi connectivity index (χ4n) is 9.04. The number of ether oxygens (including phenoxy) is 1. The van der Waals surface area contributed by atoms with Gasteiger partial charge in [-0.25, -0.2) is 4.79 Å². The van der Waals surface area contributed by atoms with Crippen molar-refractivity contribution in [2.75, 3.05) is 6.54 Å². The Morgan fingerprint density at radius 3 is 1.65 bits per heavy atom. The summed E-state index contributed by atoms with van der Waals surface area (Å²) < 4.78 is 41.5. The molecule has 0 fully saturated rings. The summed E-state index contributed by atoms with van der Waals surface area (Å²) in [4.78, 5) is 126. The Balaban J connectivity index is 1.59. The number of aromatic nitrogens is 1. The van der Waals surface area contributed by atoms with Crippen molar-refractivity contribution in [3.05, 3.63) is 100 Å². The largest absolute Gasteiger partial charge is 0.481 e. The zero-order valence-electron chi connectivity index (χ0n) is 48.5. The minimum atomic E-state index is -4.84. The van der Waals surface area contributed by atoms with E-state index in [0.717, 1.165) is 22.3 Å². The van der Waals surface area contributed by atoms with Gasteiger partial charge in [0.05, 0.1) is 13.0 Å². The number of aliphatic carboxylic acids is 1. The molecule has 0 unspecified atom stereocenters. The van der Waals surface area contributed by atoms with Crippen LogP contribution in [0, 0.1) is 31.6 Å². The number of hydrogen-bond donors (Lipinski definition) is 11. The van der Waals surface area contributed by atoms with E-state index in [1.54, 1.807) is 92.8 Å². The molecule has 1 heterocycles. The van der Waals surface area contributed by atoms with Gasteiger partial charge in [0.15, 0.2) is 0 Å². The summed E-state index contributed by atoms with van der Waals surface area (Å²) in [5, 5.41) is 28.6. The van der Waals surface area contributed by atoms with E-state index < -0.39 is 129 Å². The standard InChI is InChI=1S/C57H79N9O15S/c1-31-21-32(2)38(33(3)22-31)25-40(48(58)70)62-52(74)43(26-47(68)69)63-53(75)45(28-56(7,8)9)65-51(73)42(24-35-29-59-39-16-14-13-15-37(35)39)61-46(67)30-60-49(71)44(27-55(4,5)6)64-50(72)41(66-54(76)80-57(10,11)12)23-34-17-19-36(20-18-34)81-82(77,78)79/h13-22,29,40-45,59H,23-28,30H2,1-12H3,(H2,58,70)(H,60,71)(H,61,67)(H,62,74)(H,63,75)(H,64,72)(H,65,73)(H,66,76)(H,68,69)(H,77,78,79)/t40-,41-,42-,43-,44-,45-/m0/s1. The van der Waals surface area contributed by atoms with Crippen molar-refractivity contribution in [2.45, 2.75) is 163 Å². The van der Waals surface area contributed by atoms with E-state index in [0.29, 0.717) is 22.0 Å². The molecule has 3 aromatic carbocycles. The number of carboxylic acids is 1. The highest BCUT2D eigenvalue weighted by atomic mass is 32.3. The zero-order valence-corrected chi connectivity index (χ0v) is 49.3. The first-order valence-electron chi connectivity index (χ1n) is 26.5. The van der Waals surface area contributed by atoms with Crippen LogP contribution >= 0.6 is 0 Å². The number of H-pyrrole nitrogens is 1. The van der Waals surface area contributed by atoms with E-state index in [9.17, 15) is 56.7 Å². The third-order valence-corrected chi connectivity index (χ3v) is 13.0. The second-order valence-electron chi connectivity index (χ2n) is 23.8. The van der Waals surface area contributed by atoms with Gasteiger partial charge in [-0.05, 0) is 111 Å². The lowest BCUT2D eigenvalue weighted by atomic mass is 9.87. The number of aryl methyl sites for hydroxylation is 3. The molecule has 448 valence electrons. The second-order valence-corrected chi connectivity index (χ2v) is 24.8. The number of carbonyl (C=O) groups excluding carboxylic acids is 8. The van der Waals surface area contributed by atoms with Crippen molar-refractivity contribution in [1.29, 1.82) is 0 Å². The normalized spacial score (nSPS) is 14.1. The predicted molar refractivity (Wildman–Crippen MR) is 304 cm³/mol. The summed E-state index contributed by atoms with van der Waals surface area (Å²) >= 11 is 0. The van der Waals surface area contributed by atoms with E-state index in [-0.39, 0.29) is 37.9 Å². The van der Waals surface area contributed by atoms with Gasteiger partial charge in [0.2, 0.25) is 41.4 Å². The van der Waals surface area contributed by atoms with Gasteiger partial charge in [-0.1, -0.05) is 89.6 Å². The number of amides is 8. The van der Waals surface area contributed by atoms with Crippen LogP contribution in [0.4, 0.5) is 4.79 Å². The number of nitrogens with two attached hydrogens (primary N) is 1. The van der Waals surface area contributed by atoms with Crippen molar-refractivity contribution in [3.63, 3.8) is 0 Å². The second kappa shape index (κ2) is 28.1. The number of aromatic amines is 1. The summed E-state index contributed by atoms with van der Waals surface area (Å²) in [5.74, 6) is -7.96. The molecule has 25 heteroatoms. The van der Waals surface area contributed by atoms with E-state index >= 15 is 0 Å². The van der Waals surface area contributed by atoms with Gasteiger partial charge in [-0.15, -0.1) is 0 Å². The van der Waals surface area contributed by atoms with Crippen LogP contribution in [0.1, 0.15) is 115 Å². The van der Waals surface area contributed by atoms with Crippen LogP contribution < -0.4 is 47.1 Å². The number of hydrogen-bond acceptors (Lipinski definition) is 13. The van der Waals surface area contributed by atoms with Gasteiger partial charge in [0, 0.05) is 36.4 Å². The Morgan fingerprint density at radius 2 is 1.12 bits per heavy atom. The average molecular weight is 1160 g/mol.